The van der Waals surface area contributed by atoms with E-state index in [-0.39, 0.29) is 24.8 Å². The minimum Gasteiger partial charge on any atom is -0.488 e. The van der Waals surface area contributed by atoms with Gasteiger partial charge in [-0.15, -0.1) is 24.8 Å². The van der Waals surface area contributed by atoms with Crippen molar-refractivity contribution in [3.05, 3.63) is 93.2 Å². The van der Waals surface area contributed by atoms with E-state index in [4.69, 9.17) is 16.3 Å². The summed E-state index contributed by atoms with van der Waals surface area (Å²) in [6.45, 7) is 2.08. The molecule has 0 bridgehead atoms. The largest absolute Gasteiger partial charge is 0.488 e. The molecule has 1 N–H and O–H groups in total. The van der Waals surface area contributed by atoms with E-state index in [0.29, 0.717) is 6.61 Å². The lowest BCUT2D eigenvalue weighted by Gasteiger charge is -2.11. The Morgan fingerprint density at radius 2 is 1.63 bits per heavy atom. The highest BCUT2D eigenvalue weighted by atomic mass is 79.9. The molecule has 7 heteroatoms. The van der Waals surface area contributed by atoms with Crippen LogP contribution in [0.15, 0.2) is 71.5 Å². The highest BCUT2D eigenvalue weighted by molar-refractivity contribution is 9.10. The van der Waals surface area contributed by atoms with Crippen LogP contribution in [-0.2, 0) is 19.7 Å². The van der Waals surface area contributed by atoms with E-state index in [9.17, 15) is 0 Å². The molecule has 0 saturated carbocycles. The molecule has 3 nitrogen and oxygen atoms in total. The van der Waals surface area contributed by atoms with Gasteiger partial charge in [0.1, 0.15) is 12.4 Å². The van der Waals surface area contributed by atoms with Crippen LogP contribution < -0.4 is 10.1 Å². The molecule has 3 aromatic rings. The molecule has 144 valence electrons. The van der Waals surface area contributed by atoms with Crippen LogP contribution in [0.4, 0.5) is 0 Å². The quantitative estimate of drug-likeness (QED) is 0.428. The van der Waals surface area contributed by atoms with Crippen molar-refractivity contribution in [2.75, 3.05) is 0 Å². The van der Waals surface area contributed by atoms with Crippen molar-refractivity contribution in [3.8, 4) is 5.75 Å². The molecule has 1 heterocycles. The highest BCUT2D eigenvalue weighted by Crippen LogP contribution is 2.27. The number of aromatic nitrogens is 1. The Hall–Kier alpha value is -1.30. The highest BCUT2D eigenvalue weighted by Gasteiger charge is 2.04. The van der Waals surface area contributed by atoms with E-state index in [0.717, 1.165) is 33.9 Å². The lowest BCUT2D eigenvalue weighted by atomic mass is 10.2. The second-order valence-electron chi connectivity index (χ2n) is 5.64. The maximum atomic E-state index is 5.89. The van der Waals surface area contributed by atoms with E-state index in [1.54, 1.807) is 6.20 Å². The summed E-state index contributed by atoms with van der Waals surface area (Å²) in [5, 5.41) is 4.14. The van der Waals surface area contributed by atoms with Crippen LogP contribution in [-0.4, -0.2) is 4.98 Å². The fourth-order valence-corrected chi connectivity index (χ4v) is 3.03. The number of rotatable bonds is 7. The SMILES string of the molecule is Cl.Cl.Clc1ccc(COc2ccc(CNCc3cccnc3)cc2Br)cc1. The molecule has 0 aliphatic heterocycles. The summed E-state index contributed by atoms with van der Waals surface area (Å²) in [5.41, 5.74) is 3.44. The van der Waals surface area contributed by atoms with Gasteiger partial charge >= 0.3 is 0 Å². The van der Waals surface area contributed by atoms with Crippen molar-refractivity contribution in [2.45, 2.75) is 19.7 Å². The number of ether oxygens (including phenoxy) is 1. The fourth-order valence-electron chi connectivity index (χ4n) is 2.37. The van der Waals surface area contributed by atoms with Crippen molar-refractivity contribution in [1.29, 1.82) is 0 Å². The Morgan fingerprint density at radius 3 is 2.30 bits per heavy atom. The standard InChI is InChI=1S/C20H18BrClN2O.2ClH/c21-19-10-16(11-24-13-17-2-1-9-23-12-17)5-8-20(19)25-14-15-3-6-18(22)7-4-15;;/h1-10,12,24H,11,13-14H2;2*1H. The summed E-state index contributed by atoms with van der Waals surface area (Å²) in [6, 6.07) is 17.8. The molecule has 0 saturated heterocycles. The predicted molar refractivity (Wildman–Crippen MR) is 119 cm³/mol. The molecule has 0 aliphatic rings. The van der Waals surface area contributed by atoms with Crippen LogP contribution in [0.2, 0.25) is 5.02 Å². The molecule has 0 radical (unpaired) electrons. The maximum Gasteiger partial charge on any atom is 0.134 e. The average Bonchev–Trinajstić information content (AvgIpc) is 2.63. The Bertz CT molecular complexity index is 817. The Morgan fingerprint density at radius 1 is 0.926 bits per heavy atom. The van der Waals surface area contributed by atoms with Gasteiger partial charge in [-0.1, -0.05) is 35.9 Å². The monoisotopic (exact) mass is 488 g/mol. The molecule has 1 aromatic heterocycles. The Kier molecular flexibility index (Phi) is 10.7. The zero-order chi connectivity index (χ0) is 17.5. The molecule has 3 rings (SSSR count). The fraction of sp³-hybridized carbons (Fsp3) is 0.150. The topological polar surface area (TPSA) is 34.1 Å². The van der Waals surface area contributed by atoms with Crippen molar-refractivity contribution >= 4 is 52.3 Å². The predicted octanol–water partition coefficient (Wildman–Crippen LogP) is 6.21. The van der Waals surface area contributed by atoms with Crippen LogP contribution in [0.25, 0.3) is 0 Å². The third-order valence-corrected chi connectivity index (χ3v) is 4.56. The Labute approximate surface area is 185 Å². The van der Waals surface area contributed by atoms with E-state index >= 15 is 0 Å². The first-order valence-electron chi connectivity index (χ1n) is 7.96. The van der Waals surface area contributed by atoms with Gasteiger partial charge in [0.05, 0.1) is 4.47 Å². The zero-order valence-electron chi connectivity index (χ0n) is 14.4. The smallest absolute Gasteiger partial charge is 0.134 e. The minimum atomic E-state index is 0. The van der Waals surface area contributed by atoms with E-state index in [1.165, 1.54) is 11.1 Å². The number of halogens is 4. The van der Waals surface area contributed by atoms with Crippen molar-refractivity contribution in [2.24, 2.45) is 0 Å². The molecule has 0 fully saturated rings. The van der Waals surface area contributed by atoms with Gasteiger partial charge in [-0.05, 0) is 63.0 Å². The summed E-state index contributed by atoms with van der Waals surface area (Å²) < 4.78 is 6.82. The molecular formula is C20H20BrCl3N2O. The molecular weight excluding hydrogens is 470 g/mol. The number of benzene rings is 2. The summed E-state index contributed by atoms with van der Waals surface area (Å²) in [6.07, 6.45) is 3.65. The summed E-state index contributed by atoms with van der Waals surface area (Å²) in [4.78, 5) is 4.11. The van der Waals surface area contributed by atoms with E-state index < -0.39 is 0 Å². The minimum absolute atomic E-state index is 0. The van der Waals surface area contributed by atoms with Crippen LogP contribution in [0.1, 0.15) is 16.7 Å². The Balaban J connectivity index is 0.00000182. The van der Waals surface area contributed by atoms with Crippen molar-refractivity contribution in [1.82, 2.24) is 10.3 Å². The van der Waals surface area contributed by atoms with Gasteiger partial charge in [-0.3, -0.25) is 4.98 Å². The van der Waals surface area contributed by atoms with Gasteiger partial charge in [-0.2, -0.15) is 0 Å². The second-order valence-corrected chi connectivity index (χ2v) is 6.94. The molecule has 0 atom stereocenters. The molecule has 0 unspecified atom stereocenters. The first kappa shape index (κ1) is 23.7. The summed E-state index contributed by atoms with van der Waals surface area (Å²) in [5.74, 6) is 0.825. The number of nitrogens with one attached hydrogen (secondary N) is 1. The molecule has 0 spiro atoms. The molecule has 0 aliphatic carbocycles. The second kappa shape index (κ2) is 12.2. The molecule has 27 heavy (non-hydrogen) atoms. The third kappa shape index (κ3) is 7.68. The molecule has 0 amide bonds. The van der Waals surface area contributed by atoms with E-state index in [2.05, 4.69) is 44.4 Å². The summed E-state index contributed by atoms with van der Waals surface area (Å²) in [7, 11) is 0. The van der Waals surface area contributed by atoms with Crippen LogP contribution in [0, 0.1) is 0 Å². The average molecular weight is 491 g/mol. The van der Waals surface area contributed by atoms with Gasteiger partial charge < -0.3 is 10.1 Å². The number of nitrogens with zero attached hydrogens (tertiary/aromatic N) is 1. The van der Waals surface area contributed by atoms with Crippen molar-refractivity contribution in [3.63, 3.8) is 0 Å². The lowest BCUT2D eigenvalue weighted by Crippen LogP contribution is -2.12. The zero-order valence-corrected chi connectivity index (χ0v) is 18.4. The number of hydrogen-bond acceptors (Lipinski definition) is 3. The van der Waals surface area contributed by atoms with Crippen LogP contribution in [0.3, 0.4) is 0 Å². The summed E-state index contributed by atoms with van der Waals surface area (Å²) >= 11 is 9.48. The van der Waals surface area contributed by atoms with Gasteiger partial charge in [0, 0.05) is 30.5 Å². The van der Waals surface area contributed by atoms with Gasteiger partial charge in [-0.25, -0.2) is 0 Å². The lowest BCUT2D eigenvalue weighted by molar-refractivity contribution is 0.304. The normalized spacial score (nSPS) is 9.85. The van der Waals surface area contributed by atoms with Crippen LogP contribution in [0.5, 0.6) is 5.75 Å². The van der Waals surface area contributed by atoms with Gasteiger partial charge in [0.25, 0.3) is 0 Å². The number of pyridine rings is 1. The van der Waals surface area contributed by atoms with E-state index in [1.807, 2.05) is 42.6 Å². The maximum absolute atomic E-state index is 5.89. The van der Waals surface area contributed by atoms with Gasteiger partial charge in [0.15, 0.2) is 0 Å². The number of hydrogen-bond donors (Lipinski definition) is 1. The van der Waals surface area contributed by atoms with Crippen molar-refractivity contribution < 1.29 is 4.74 Å². The van der Waals surface area contributed by atoms with Gasteiger partial charge in [0.2, 0.25) is 0 Å². The van der Waals surface area contributed by atoms with Crippen LogP contribution >= 0.6 is 52.3 Å². The molecule has 2 aromatic carbocycles. The first-order valence-corrected chi connectivity index (χ1v) is 9.13. The first-order chi connectivity index (χ1) is 12.2. The third-order valence-electron chi connectivity index (χ3n) is 3.68.